The van der Waals surface area contributed by atoms with Gasteiger partial charge in [0.2, 0.25) is 15.9 Å². The van der Waals surface area contributed by atoms with Crippen molar-refractivity contribution in [3.63, 3.8) is 0 Å². The summed E-state index contributed by atoms with van der Waals surface area (Å²) in [5, 5.41) is 3.08. The number of imidazole rings is 1. The van der Waals surface area contributed by atoms with E-state index in [2.05, 4.69) is 20.0 Å². The monoisotopic (exact) mass is 460 g/mol. The van der Waals surface area contributed by atoms with Crippen LogP contribution in [-0.4, -0.2) is 31.3 Å². The number of aryl methyl sites for hydroxylation is 1. The van der Waals surface area contributed by atoms with Gasteiger partial charge in [-0.15, -0.1) is 0 Å². The predicted octanol–water partition coefficient (Wildman–Crippen LogP) is 4.12. The van der Waals surface area contributed by atoms with E-state index < -0.39 is 15.4 Å². The van der Waals surface area contributed by atoms with Crippen LogP contribution in [0.3, 0.4) is 0 Å². The lowest BCUT2D eigenvalue weighted by Crippen LogP contribution is -2.27. The molecule has 0 atom stereocenters. The van der Waals surface area contributed by atoms with Crippen molar-refractivity contribution in [2.45, 2.75) is 30.1 Å². The van der Waals surface area contributed by atoms with Gasteiger partial charge in [0.25, 0.3) is 0 Å². The van der Waals surface area contributed by atoms with E-state index in [1.165, 1.54) is 7.05 Å². The number of aromatic amines is 1. The first-order chi connectivity index (χ1) is 15.8. The Labute approximate surface area is 192 Å². The topological polar surface area (TPSA) is 104 Å². The van der Waals surface area contributed by atoms with Crippen molar-refractivity contribution in [3.8, 4) is 11.1 Å². The minimum absolute atomic E-state index is 0.0225. The van der Waals surface area contributed by atoms with Gasteiger partial charge in [-0.25, -0.2) is 18.1 Å². The molecular weight excluding hydrogens is 436 g/mol. The molecule has 1 fully saturated rings. The molecule has 1 amide bonds. The summed E-state index contributed by atoms with van der Waals surface area (Å²) in [6, 6.07) is 20.2. The Morgan fingerprint density at radius 1 is 1.00 bits per heavy atom. The minimum Gasteiger partial charge on any atom is -0.342 e. The van der Waals surface area contributed by atoms with Gasteiger partial charge in [-0.05, 0) is 79.9 Å². The predicted molar refractivity (Wildman–Crippen MR) is 128 cm³/mol. The summed E-state index contributed by atoms with van der Waals surface area (Å²) in [7, 11) is -2.10. The fraction of sp³-hybridized carbons (Fsp3) is 0.200. The molecule has 3 aromatic carbocycles. The van der Waals surface area contributed by atoms with Crippen LogP contribution in [-0.2, 0) is 20.2 Å². The van der Waals surface area contributed by atoms with Crippen LogP contribution in [0.15, 0.2) is 71.6 Å². The number of carbonyl (C=O) groups excluding carboxylic acids is 1. The summed E-state index contributed by atoms with van der Waals surface area (Å²) in [5.41, 5.74) is 4.76. The van der Waals surface area contributed by atoms with E-state index in [0.717, 1.165) is 46.4 Å². The molecule has 4 aromatic rings. The zero-order chi connectivity index (χ0) is 23.2. The van der Waals surface area contributed by atoms with Crippen molar-refractivity contribution in [3.05, 3.63) is 78.1 Å². The van der Waals surface area contributed by atoms with E-state index in [1.807, 2.05) is 49.4 Å². The van der Waals surface area contributed by atoms with Crippen molar-refractivity contribution in [1.82, 2.24) is 14.7 Å². The number of anilines is 1. The average molecular weight is 461 g/mol. The molecule has 3 N–H and O–H groups in total. The van der Waals surface area contributed by atoms with Crippen LogP contribution in [0.2, 0.25) is 0 Å². The molecule has 168 valence electrons. The van der Waals surface area contributed by atoms with Crippen LogP contribution in [0.4, 0.5) is 5.69 Å². The first kappa shape index (κ1) is 21.4. The second kappa shape index (κ2) is 7.83. The number of rotatable bonds is 6. The fourth-order valence-electron chi connectivity index (χ4n) is 4.18. The Hall–Kier alpha value is -3.49. The SMILES string of the molecule is CNS(=O)(=O)c1ccc(-c2cccc(NC(=O)C3(c4ccc5nc(C)[nH]c5c4)CC3)c2)cc1. The molecule has 5 rings (SSSR count). The molecule has 1 aromatic heterocycles. The van der Waals surface area contributed by atoms with Crippen molar-refractivity contribution in [1.29, 1.82) is 0 Å². The van der Waals surface area contributed by atoms with E-state index >= 15 is 0 Å². The highest BCUT2D eigenvalue weighted by Gasteiger charge is 2.51. The standard InChI is InChI=1S/C25H24N4O3S/c1-16-27-22-11-8-19(15-23(22)28-16)25(12-13-25)24(30)29-20-5-3-4-18(14-20)17-6-9-21(10-7-17)33(31,32)26-2/h3-11,14-15,26H,12-13H2,1-2H3,(H,27,28)(H,29,30). The Kier molecular flexibility index (Phi) is 5.07. The van der Waals surface area contributed by atoms with Gasteiger partial charge in [0, 0.05) is 5.69 Å². The van der Waals surface area contributed by atoms with Crippen LogP contribution in [0, 0.1) is 6.92 Å². The molecule has 0 saturated heterocycles. The van der Waals surface area contributed by atoms with Gasteiger partial charge < -0.3 is 10.3 Å². The number of H-pyrrole nitrogens is 1. The summed E-state index contributed by atoms with van der Waals surface area (Å²) in [4.78, 5) is 21.2. The summed E-state index contributed by atoms with van der Waals surface area (Å²) in [5.74, 6) is 0.829. The maximum Gasteiger partial charge on any atom is 0.240 e. The van der Waals surface area contributed by atoms with E-state index in [9.17, 15) is 13.2 Å². The minimum atomic E-state index is -3.48. The zero-order valence-electron chi connectivity index (χ0n) is 18.3. The third-order valence-electron chi connectivity index (χ3n) is 6.22. The summed E-state index contributed by atoms with van der Waals surface area (Å²) >= 11 is 0. The first-order valence-electron chi connectivity index (χ1n) is 10.7. The van der Waals surface area contributed by atoms with Crippen molar-refractivity contribution < 1.29 is 13.2 Å². The van der Waals surface area contributed by atoms with Gasteiger partial charge in [0.05, 0.1) is 21.3 Å². The number of fused-ring (bicyclic) bond motifs is 1. The van der Waals surface area contributed by atoms with Gasteiger partial charge in [0.15, 0.2) is 0 Å². The van der Waals surface area contributed by atoms with E-state index in [1.54, 1.807) is 24.3 Å². The zero-order valence-corrected chi connectivity index (χ0v) is 19.2. The molecular formula is C25H24N4O3S. The highest BCUT2D eigenvalue weighted by Crippen LogP contribution is 2.49. The molecule has 1 saturated carbocycles. The number of carbonyl (C=O) groups is 1. The van der Waals surface area contributed by atoms with Crippen molar-refractivity contribution in [2.24, 2.45) is 0 Å². The molecule has 0 radical (unpaired) electrons. The largest absolute Gasteiger partial charge is 0.342 e. The molecule has 1 aliphatic rings. The number of benzene rings is 3. The van der Waals surface area contributed by atoms with E-state index in [4.69, 9.17) is 0 Å². The first-order valence-corrected chi connectivity index (χ1v) is 12.2. The van der Waals surface area contributed by atoms with Gasteiger partial charge in [-0.2, -0.15) is 0 Å². The lowest BCUT2D eigenvalue weighted by atomic mass is 9.94. The third-order valence-corrected chi connectivity index (χ3v) is 7.65. The maximum atomic E-state index is 13.3. The van der Waals surface area contributed by atoms with Crippen LogP contribution in [0.25, 0.3) is 22.2 Å². The van der Waals surface area contributed by atoms with Gasteiger partial charge in [-0.3, -0.25) is 4.79 Å². The molecule has 1 heterocycles. The maximum absolute atomic E-state index is 13.3. The molecule has 1 aliphatic carbocycles. The smallest absolute Gasteiger partial charge is 0.240 e. The molecule has 33 heavy (non-hydrogen) atoms. The Morgan fingerprint density at radius 2 is 1.76 bits per heavy atom. The highest BCUT2D eigenvalue weighted by atomic mass is 32.2. The number of hydrogen-bond acceptors (Lipinski definition) is 4. The Balaban J connectivity index is 1.37. The quantitative estimate of drug-likeness (QED) is 0.403. The Morgan fingerprint density at radius 3 is 2.45 bits per heavy atom. The van der Waals surface area contributed by atoms with Crippen molar-refractivity contribution >= 4 is 32.7 Å². The normalized spacial score (nSPS) is 14.8. The molecule has 0 spiro atoms. The van der Waals surface area contributed by atoms with Crippen LogP contribution >= 0.6 is 0 Å². The van der Waals surface area contributed by atoms with Gasteiger partial charge in [0.1, 0.15) is 5.82 Å². The lowest BCUT2D eigenvalue weighted by molar-refractivity contribution is -0.118. The van der Waals surface area contributed by atoms with Crippen LogP contribution in [0.1, 0.15) is 24.2 Å². The number of hydrogen-bond donors (Lipinski definition) is 3. The number of amides is 1. The second-order valence-electron chi connectivity index (χ2n) is 8.40. The van der Waals surface area contributed by atoms with Gasteiger partial charge in [-0.1, -0.05) is 30.3 Å². The number of aromatic nitrogens is 2. The van der Waals surface area contributed by atoms with Crippen molar-refractivity contribution in [2.75, 3.05) is 12.4 Å². The second-order valence-corrected chi connectivity index (χ2v) is 10.3. The average Bonchev–Trinajstić information content (AvgIpc) is 3.55. The molecule has 0 bridgehead atoms. The number of nitrogens with zero attached hydrogens (tertiary/aromatic N) is 1. The molecule has 7 nitrogen and oxygen atoms in total. The van der Waals surface area contributed by atoms with E-state index in [-0.39, 0.29) is 10.8 Å². The van der Waals surface area contributed by atoms with Gasteiger partial charge >= 0.3 is 0 Å². The molecule has 0 aliphatic heterocycles. The third kappa shape index (κ3) is 3.92. The summed E-state index contributed by atoms with van der Waals surface area (Å²) in [6.45, 7) is 1.92. The summed E-state index contributed by atoms with van der Waals surface area (Å²) in [6.07, 6.45) is 1.61. The molecule has 8 heteroatoms. The highest BCUT2D eigenvalue weighted by molar-refractivity contribution is 7.89. The fourth-order valence-corrected chi connectivity index (χ4v) is 4.91. The number of sulfonamides is 1. The Bertz CT molecular complexity index is 1470. The van der Waals surface area contributed by atoms with Crippen LogP contribution < -0.4 is 10.0 Å². The van der Waals surface area contributed by atoms with E-state index in [0.29, 0.717) is 5.69 Å². The lowest BCUT2D eigenvalue weighted by Gasteiger charge is -2.16. The number of nitrogens with one attached hydrogen (secondary N) is 3. The van der Waals surface area contributed by atoms with Crippen LogP contribution in [0.5, 0.6) is 0 Å². The molecule has 0 unspecified atom stereocenters. The summed E-state index contributed by atoms with van der Waals surface area (Å²) < 4.78 is 26.2.